The summed E-state index contributed by atoms with van der Waals surface area (Å²) >= 11 is 1.60. The van der Waals surface area contributed by atoms with Crippen molar-refractivity contribution in [1.29, 1.82) is 0 Å². The molecule has 2 heterocycles. The molecule has 0 unspecified atom stereocenters. The van der Waals surface area contributed by atoms with E-state index in [9.17, 15) is 9.59 Å². The molecule has 3 rings (SSSR count). The van der Waals surface area contributed by atoms with Crippen molar-refractivity contribution in [3.8, 4) is 0 Å². The molecule has 0 atom stereocenters. The number of aryl methyl sites for hydroxylation is 2. The SMILES string of the molecule is Cc1cc(N2CCCC2)ccc1NC(=O)COC(=O)CCc1ccsc1. The summed E-state index contributed by atoms with van der Waals surface area (Å²) in [6, 6.07) is 8.02. The summed E-state index contributed by atoms with van der Waals surface area (Å²) in [5, 5.41) is 6.81. The van der Waals surface area contributed by atoms with Crippen LogP contribution >= 0.6 is 11.3 Å². The number of amides is 1. The molecule has 1 fully saturated rings. The highest BCUT2D eigenvalue weighted by Crippen LogP contribution is 2.25. The van der Waals surface area contributed by atoms with E-state index in [0.29, 0.717) is 6.42 Å². The fraction of sp³-hybridized carbons (Fsp3) is 0.400. The molecule has 1 saturated heterocycles. The Morgan fingerprint density at radius 1 is 1.23 bits per heavy atom. The van der Waals surface area contributed by atoms with Gasteiger partial charge in [-0.2, -0.15) is 11.3 Å². The molecule has 0 radical (unpaired) electrons. The first-order chi connectivity index (χ1) is 12.6. The van der Waals surface area contributed by atoms with E-state index in [-0.39, 0.29) is 24.9 Å². The van der Waals surface area contributed by atoms with Crippen molar-refractivity contribution >= 4 is 34.6 Å². The van der Waals surface area contributed by atoms with Gasteiger partial charge in [-0.05, 0) is 72.3 Å². The number of ether oxygens (including phenoxy) is 1. The van der Waals surface area contributed by atoms with Gasteiger partial charge in [0.25, 0.3) is 5.91 Å². The molecule has 6 heteroatoms. The van der Waals surface area contributed by atoms with Gasteiger partial charge in [0, 0.05) is 30.9 Å². The third kappa shape index (κ3) is 5.08. The number of anilines is 2. The first-order valence-corrected chi connectivity index (χ1v) is 9.88. The largest absolute Gasteiger partial charge is 0.456 e. The number of nitrogens with one attached hydrogen (secondary N) is 1. The van der Waals surface area contributed by atoms with Crippen molar-refractivity contribution in [3.63, 3.8) is 0 Å². The zero-order valence-corrected chi connectivity index (χ0v) is 15.8. The number of esters is 1. The summed E-state index contributed by atoms with van der Waals surface area (Å²) in [4.78, 5) is 26.2. The lowest BCUT2D eigenvalue weighted by atomic mass is 10.1. The normalized spacial score (nSPS) is 13.7. The average molecular weight is 372 g/mol. The molecular weight excluding hydrogens is 348 g/mol. The highest BCUT2D eigenvalue weighted by atomic mass is 32.1. The van der Waals surface area contributed by atoms with Crippen molar-refractivity contribution in [2.45, 2.75) is 32.6 Å². The summed E-state index contributed by atoms with van der Waals surface area (Å²) in [6.45, 7) is 3.90. The highest BCUT2D eigenvalue weighted by Gasteiger charge is 2.14. The van der Waals surface area contributed by atoms with Crippen molar-refractivity contribution in [3.05, 3.63) is 46.2 Å². The number of hydrogen-bond acceptors (Lipinski definition) is 5. The lowest BCUT2D eigenvalue weighted by molar-refractivity contribution is -0.147. The number of hydrogen-bond donors (Lipinski definition) is 1. The quantitative estimate of drug-likeness (QED) is 0.752. The molecule has 0 bridgehead atoms. The van der Waals surface area contributed by atoms with E-state index in [1.807, 2.05) is 35.9 Å². The highest BCUT2D eigenvalue weighted by molar-refractivity contribution is 7.07. The van der Waals surface area contributed by atoms with Gasteiger partial charge in [0.15, 0.2) is 6.61 Å². The van der Waals surface area contributed by atoms with Gasteiger partial charge in [-0.25, -0.2) is 0 Å². The van der Waals surface area contributed by atoms with Crippen LogP contribution in [-0.4, -0.2) is 31.6 Å². The Labute approximate surface area is 158 Å². The Morgan fingerprint density at radius 2 is 2.04 bits per heavy atom. The predicted molar refractivity (Wildman–Crippen MR) is 105 cm³/mol. The zero-order chi connectivity index (χ0) is 18.4. The van der Waals surface area contributed by atoms with Crippen molar-refractivity contribution in [2.24, 2.45) is 0 Å². The predicted octanol–water partition coefficient (Wildman–Crippen LogP) is 3.77. The van der Waals surface area contributed by atoms with Crippen LogP contribution in [0, 0.1) is 6.92 Å². The van der Waals surface area contributed by atoms with Gasteiger partial charge in [-0.15, -0.1) is 0 Å². The molecule has 1 N–H and O–H groups in total. The van der Waals surface area contributed by atoms with Gasteiger partial charge in [-0.1, -0.05) is 0 Å². The molecule has 138 valence electrons. The van der Waals surface area contributed by atoms with Crippen LogP contribution in [0.3, 0.4) is 0 Å². The number of benzene rings is 1. The Hall–Kier alpha value is -2.34. The summed E-state index contributed by atoms with van der Waals surface area (Å²) < 4.78 is 5.06. The second-order valence-electron chi connectivity index (χ2n) is 6.53. The monoisotopic (exact) mass is 372 g/mol. The van der Waals surface area contributed by atoms with Crippen LogP contribution in [0.2, 0.25) is 0 Å². The smallest absolute Gasteiger partial charge is 0.306 e. The topological polar surface area (TPSA) is 58.6 Å². The standard InChI is InChI=1S/C20H24N2O3S/c1-15-12-17(22-9-2-3-10-22)5-6-18(15)21-19(23)13-25-20(24)7-4-16-8-11-26-14-16/h5-6,8,11-12,14H,2-4,7,9-10,13H2,1H3,(H,21,23). The van der Waals surface area contributed by atoms with E-state index < -0.39 is 0 Å². The number of nitrogens with zero attached hydrogens (tertiary/aromatic N) is 1. The maximum atomic E-state index is 12.0. The third-order valence-corrected chi connectivity index (χ3v) is 5.25. The van der Waals surface area contributed by atoms with E-state index in [2.05, 4.69) is 16.3 Å². The van der Waals surface area contributed by atoms with Crippen LogP contribution in [-0.2, 0) is 20.7 Å². The molecule has 1 amide bonds. The Balaban J connectivity index is 1.44. The molecule has 1 aliphatic heterocycles. The lowest BCUT2D eigenvalue weighted by Gasteiger charge is -2.19. The van der Waals surface area contributed by atoms with Crippen LogP contribution in [0.1, 0.15) is 30.4 Å². The van der Waals surface area contributed by atoms with Gasteiger partial charge in [0.1, 0.15) is 0 Å². The fourth-order valence-electron chi connectivity index (χ4n) is 3.05. The number of carbonyl (C=O) groups excluding carboxylic acids is 2. The second kappa shape index (κ2) is 8.85. The van der Waals surface area contributed by atoms with Crippen LogP contribution in [0.5, 0.6) is 0 Å². The maximum absolute atomic E-state index is 12.0. The number of rotatable bonds is 7. The van der Waals surface area contributed by atoms with Crippen molar-refractivity contribution < 1.29 is 14.3 Å². The third-order valence-electron chi connectivity index (χ3n) is 4.52. The molecule has 26 heavy (non-hydrogen) atoms. The van der Waals surface area contributed by atoms with Gasteiger partial charge in [0.2, 0.25) is 0 Å². The van der Waals surface area contributed by atoms with Gasteiger partial charge < -0.3 is 15.0 Å². The van der Waals surface area contributed by atoms with Gasteiger partial charge in [0.05, 0.1) is 0 Å². The first-order valence-electron chi connectivity index (χ1n) is 8.94. The van der Waals surface area contributed by atoms with Crippen LogP contribution in [0.15, 0.2) is 35.0 Å². The molecule has 0 saturated carbocycles. The summed E-state index contributed by atoms with van der Waals surface area (Å²) in [7, 11) is 0. The molecule has 0 spiro atoms. The molecule has 2 aromatic rings. The van der Waals surface area contributed by atoms with Crippen LogP contribution in [0.25, 0.3) is 0 Å². The molecule has 1 aromatic carbocycles. The Morgan fingerprint density at radius 3 is 2.73 bits per heavy atom. The molecular formula is C20H24N2O3S. The summed E-state index contributed by atoms with van der Waals surface area (Å²) in [5.74, 6) is -0.668. The average Bonchev–Trinajstić information content (AvgIpc) is 3.33. The zero-order valence-electron chi connectivity index (χ0n) is 15.0. The lowest BCUT2D eigenvalue weighted by Crippen LogP contribution is -2.22. The van der Waals surface area contributed by atoms with E-state index >= 15 is 0 Å². The Bertz CT molecular complexity index is 752. The first kappa shape index (κ1) is 18.5. The van der Waals surface area contributed by atoms with E-state index in [4.69, 9.17) is 4.74 Å². The van der Waals surface area contributed by atoms with Gasteiger partial charge in [-0.3, -0.25) is 9.59 Å². The van der Waals surface area contributed by atoms with E-state index in [1.165, 1.54) is 18.5 Å². The molecule has 1 aliphatic rings. The van der Waals surface area contributed by atoms with Gasteiger partial charge >= 0.3 is 5.97 Å². The maximum Gasteiger partial charge on any atom is 0.306 e. The molecule has 5 nitrogen and oxygen atoms in total. The fourth-order valence-corrected chi connectivity index (χ4v) is 3.75. The summed E-state index contributed by atoms with van der Waals surface area (Å²) in [6.07, 6.45) is 3.39. The van der Waals surface area contributed by atoms with Crippen LogP contribution in [0.4, 0.5) is 11.4 Å². The molecule has 1 aromatic heterocycles. The Kier molecular flexibility index (Phi) is 6.28. The summed E-state index contributed by atoms with van der Waals surface area (Å²) in [5.41, 5.74) is 4.07. The van der Waals surface area contributed by atoms with Crippen molar-refractivity contribution in [1.82, 2.24) is 0 Å². The molecule has 0 aliphatic carbocycles. The number of thiophene rings is 1. The van der Waals surface area contributed by atoms with E-state index in [0.717, 1.165) is 29.9 Å². The minimum atomic E-state index is -0.354. The second-order valence-corrected chi connectivity index (χ2v) is 7.31. The van der Waals surface area contributed by atoms with Crippen LogP contribution < -0.4 is 10.2 Å². The van der Waals surface area contributed by atoms with E-state index in [1.54, 1.807) is 11.3 Å². The minimum absolute atomic E-state index is 0.254. The number of carbonyl (C=O) groups is 2. The van der Waals surface area contributed by atoms with Crippen molar-refractivity contribution in [2.75, 3.05) is 29.9 Å². The minimum Gasteiger partial charge on any atom is -0.456 e.